The zero-order valence-electron chi connectivity index (χ0n) is 12.5. The molecule has 0 fully saturated rings. The van der Waals surface area contributed by atoms with E-state index in [1.54, 1.807) is 18.2 Å². The van der Waals surface area contributed by atoms with Crippen LogP contribution in [0.1, 0.15) is 26.6 Å². The fourth-order valence-electron chi connectivity index (χ4n) is 1.99. The number of carbonyl (C=O) groups excluding carboxylic acids is 1. The quantitative estimate of drug-likeness (QED) is 0.307. The Morgan fingerprint density at radius 2 is 1.88 bits per heavy atom. The molecule has 3 aromatic rings. The average molecular weight is 329 g/mol. The third kappa shape index (κ3) is 3.70. The molecule has 2 heterocycles. The Hall–Kier alpha value is -3.34. The number of benzene rings is 1. The molecule has 0 unspecified atom stereocenters. The van der Waals surface area contributed by atoms with Gasteiger partial charge in [0.15, 0.2) is 5.76 Å². The number of rotatable bonds is 3. The van der Waals surface area contributed by atoms with Gasteiger partial charge in [0.1, 0.15) is 11.6 Å². The molecule has 0 bridgehead atoms. The summed E-state index contributed by atoms with van der Waals surface area (Å²) in [5.41, 5.74) is 1.82. The number of furan rings is 1. The van der Waals surface area contributed by atoms with Crippen LogP contribution in [0, 0.1) is 23.2 Å². The molecule has 0 aliphatic heterocycles. The van der Waals surface area contributed by atoms with E-state index < -0.39 is 5.78 Å². The first-order valence-corrected chi connectivity index (χ1v) is 8.00. The molecule has 0 spiro atoms. The predicted octanol–water partition coefficient (Wildman–Crippen LogP) is 4.53. The lowest BCUT2D eigenvalue weighted by Gasteiger charge is -1.93. The van der Waals surface area contributed by atoms with Gasteiger partial charge in [-0.05, 0) is 36.4 Å². The second-order valence-corrected chi connectivity index (χ2v) is 5.77. The Kier molecular flexibility index (Phi) is 4.72. The van der Waals surface area contributed by atoms with Gasteiger partial charge in [-0.1, -0.05) is 30.0 Å². The molecule has 3 nitrogen and oxygen atoms in total. The summed E-state index contributed by atoms with van der Waals surface area (Å²) >= 11 is 1.43. The molecule has 0 saturated heterocycles. The summed E-state index contributed by atoms with van der Waals surface area (Å²) in [7, 11) is 0. The minimum atomic E-state index is -0.423. The molecule has 4 heteroatoms. The standard InChI is InChI=1S/C20H11NO2S/c21-13-17(20(22)19-7-4-10-23-19)12-18-11-16(14-24-18)9-8-15-5-2-1-3-6-15/h1-7,10-12,14H/b17-12+. The Balaban J connectivity index is 1.81. The van der Waals surface area contributed by atoms with Crippen molar-refractivity contribution in [1.82, 2.24) is 0 Å². The van der Waals surface area contributed by atoms with Crippen molar-refractivity contribution < 1.29 is 9.21 Å². The van der Waals surface area contributed by atoms with Gasteiger partial charge in [0.25, 0.3) is 0 Å². The third-order valence-electron chi connectivity index (χ3n) is 3.14. The van der Waals surface area contributed by atoms with Crippen LogP contribution in [0.5, 0.6) is 0 Å². The third-order valence-corrected chi connectivity index (χ3v) is 4.02. The largest absolute Gasteiger partial charge is 0.461 e. The number of Topliss-reactive ketones (excluding diaryl/α,β-unsaturated/α-hetero) is 1. The van der Waals surface area contributed by atoms with Crippen molar-refractivity contribution >= 4 is 23.2 Å². The van der Waals surface area contributed by atoms with Crippen molar-refractivity contribution in [2.24, 2.45) is 0 Å². The highest BCUT2D eigenvalue weighted by atomic mass is 32.1. The van der Waals surface area contributed by atoms with Gasteiger partial charge in [-0.2, -0.15) is 5.26 Å². The second kappa shape index (κ2) is 7.28. The topological polar surface area (TPSA) is 54.0 Å². The van der Waals surface area contributed by atoms with Gasteiger partial charge >= 0.3 is 0 Å². The summed E-state index contributed by atoms with van der Waals surface area (Å²) in [6.07, 6.45) is 2.97. The monoisotopic (exact) mass is 329 g/mol. The van der Waals surface area contributed by atoms with Crippen LogP contribution >= 0.6 is 11.3 Å². The lowest BCUT2D eigenvalue weighted by Crippen LogP contribution is -1.99. The highest BCUT2D eigenvalue weighted by Crippen LogP contribution is 2.19. The Morgan fingerprint density at radius 1 is 1.08 bits per heavy atom. The summed E-state index contributed by atoms with van der Waals surface area (Å²) in [5, 5.41) is 11.1. The molecule has 1 aromatic carbocycles. The summed E-state index contributed by atoms with van der Waals surface area (Å²) < 4.78 is 5.05. The molecule has 24 heavy (non-hydrogen) atoms. The van der Waals surface area contributed by atoms with Crippen LogP contribution in [0.3, 0.4) is 0 Å². The number of thiophene rings is 1. The van der Waals surface area contributed by atoms with E-state index in [9.17, 15) is 10.1 Å². The summed E-state index contributed by atoms with van der Waals surface area (Å²) in [6.45, 7) is 0. The maximum atomic E-state index is 12.2. The van der Waals surface area contributed by atoms with Gasteiger partial charge in [-0.15, -0.1) is 11.3 Å². The van der Waals surface area contributed by atoms with Gasteiger partial charge in [0.2, 0.25) is 5.78 Å². The predicted molar refractivity (Wildman–Crippen MR) is 93.4 cm³/mol. The Bertz CT molecular complexity index is 978. The van der Waals surface area contributed by atoms with Crippen molar-refractivity contribution in [3.05, 3.63) is 87.5 Å². The number of allylic oxidation sites excluding steroid dienone is 1. The van der Waals surface area contributed by atoms with Crippen molar-refractivity contribution in [2.75, 3.05) is 0 Å². The molecule has 0 aliphatic carbocycles. The van der Waals surface area contributed by atoms with E-state index in [0.717, 1.165) is 16.0 Å². The van der Waals surface area contributed by atoms with Crippen LogP contribution in [0.4, 0.5) is 0 Å². The van der Waals surface area contributed by atoms with E-state index in [0.29, 0.717) is 0 Å². The van der Waals surface area contributed by atoms with Gasteiger partial charge in [0, 0.05) is 21.4 Å². The average Bonchev–Trinajstić information content (AvgIpc) is 3.30. The van der Waals surface area contributed by atoms with E-state index in [1.165, 1.54) is 17.6 Å². The van der Waals surface area contributed by atoms with E-state index in [2.05, 4.69) is 11.8 Å². The fraction of sp³-hybridized carbons (Fsp3) is 0. The molecular formula is C20H11NO2S. The zero-order valence-corrected chi connectivity index (χ0v) is 13.3. The summed E-state index contributed by atoms with van der Waals surface area (Å²) in [5.74, 6) is 5.88. The highest BCUT2D eigenvalue weighted by Gasteiger charge is 2.15. The molecule has 114 valence electrons. The minimum absolute atomic E-state index is 0.0365. The number of carbonyl (C=O) groups is 1. The van der Waals surface area contributed by atoms with Crippen molar-refractivity contribution in [3.63, 3.8) is 0 Å². The summed E-state index contributed by atoms with van der Waals surface area (Å²) in [4.78, 5) is 12.9. The maximum Gasteiger partial charge on any atom is 0.238 e. The van der Waals surface area contributed by atoms with Crippen molar-refractivity contribution in [1.29, 1.82) is 5.26 Å². The molecule has 0 radical (unpaired) electrons. The van der Waals surface area contributed by atoms with Crippen LogP contribution < -0.4 is 0 Å². The molecule has 0 atom stereocenters. The Labute approximate surface area is 143 Å². The van der Waals surface area contributed by atoms with E-state index in [4.69, 9.17) is 4.42 Å². The van der Waals surface area contributed by atoms with E-state index in [1.807, 2.05) is 47.8 Å². The van der Waals surface area contributed by atoms with Gasteiger partial charge < -0.3 is 4.42 Å². The lowest BCUT2D eigenvalue weighted by atomic mass is 10.1. The molecule has 0 saturated carbocycles. The molecule has 3 rings (SSSR count). The van der Waals surface area contributed by atoms with Crippen molar-refractivity contribution in [2.45, 2.75) is 0 Å². The first-order valence-electron chi connectivity index (χ1n) is 7.12. The van der Waals surface area contributed by atoms with E-state index in [-0.39, 0.29) is 11.3 Å². The number of nitriles is 1. The molecule has 0 N–H and O–H groups in total. The molecule has 0 amide bonds. The van der Waals surface area contributed by atoms with Gasteiger partial charge in [-0.25, -0.2) is 0 Å². The lowest BCUT2D eigenvalue weighted by molar-refractivity contribution is 0.101. The van der Waals surface area contributed by atoms with Crippen LogP contribution in [0.2, 0.25) is 0 Å². The van der Waals surface area contributed by atoms with Crippen LogP contribution in [0.25, 0.3) is 6.08 Å². The highest BCUT2D eigenvalue weighted by molar-refractivity contribution is 7.11. The van der Waals surface area contributed by atoms with Crippen LogP contribution in [-0.2, 0) is 0 Å². The normalized spacial score (nSPS) is 10.5. The van der Waals surface area contributed by atoms with Crippen LogP contribution in [-0.4, -0.2) is 5.78 Å². The first kappa shape index (κ1) is 15.6. The number of hydrogen-bond donors (Lipinski definition) is 0. The van der Waals surface area contributed by atoms with E-state index >= 15 is 0 Å². The van der Waals surface area contributed by atoms with Gasteiger partial charge in [-0.3, -0.25) is 4.79 Å². The smallest absolute Gasteiger partial charge is 0.238 e. The van der Waals surface area contributed by atoms with Crippen LogP contribution in [0.15, 0.2) is 70.2 Å². The maximum absolute atomic E-state index is 12.2. The number of hydrogen-bond acceptors (Lipinski definition) is 4. The molecule has 2 aromatic heterocycles. The Morgan fingerprint density at radius 3 is 2.58 bits per heavy atom. The SMILES string of the molecule is N#C/C(=C\c1cc(C#Cc2ccccc2)cs1)C(=O)c1ccco1. The van der Waals surface area contributed by atoms with Gasteiger partial charge in [0.05, 0.1) is 6.26 Å². The number of nitrogens with zero attached hydrogens (tertiary/aromatic N) is 1. The minimum Gasteiger partial charge on any atom is -0.461 e. The molecule has 0 aliphatic rings. The number of ketones is 1. The fourth-order valence-corrected chi connectivity index (χ4v) is 2.76. The summed E-state index contributed by atoms with van der Waals surface area (Å²) in [6, 6.07) is 16.6. The second-order valence-electron chi connectivity index (χ2n) is 4.83. The van der Waals surface area contributed by atoms with Crippen molar-refractivity contribution in [3.8, 4) is 17.9 Å². The first-order chi connectivity index (χ1) is 11.8. The molecular weight excluding hydrogens is 318 g/mol. The zero-order chi connectivity index (χ0) is 16.8.